The molecule has 1 N–H and O–H groups in total. The lowest BCUT2D eigenvalue weighted by Gasteiger charge is -2.15. The first kappa shape index (κ1) is 27.6. The van der Waals surface area contributed by atoms with E-state index in [1.54, 1.807) is 14.0 Å². The molecule has 0 spiro atoms. The number of hydrogen-bond acceptors (Lipinski definition) is 7. The summed E-state index contributed by atoms with van der Waals surface area (Å²) in [4.78, 5) is 22.6. The fourth-order valence-electron chi connectivity index (χ4n) is 3.98. The number of anilines is 1. The van der Waals surface area contributed by atoms with E-state index in [1.807, 2.05) is 90.3 Å². The Kier molecular flexibility index (Phi) is 8.60. The highest BCUT2D eigenvalue weighted by atomic mass is 79.9. The lowest BCUT2D eigenvalue weighted by Crippen LogP contribution is -2.22. The number of amides is 1. The van der Waals surface area contributed by atoms with Gasteiger partial charge in [-0.2, -0.15) is 5.26 Å². The van der Waals surface area contributed by atoms with Gasteiger partial charge in [0.1, 0.15) is 16.8 Å². The SMILES string of the molecule is COc1ccc(-c2cc(-c3ccccc3)nc(SC(C)C(=O)Nc3nc(-c4ccc(Br)cc4)cs3)c2C#N)cc1. The van der Waals surface area contributed by atoms with E-state index in [-0.39, 0.29) is 5.91 Å². The highest BCUT2D eigenvalue weighted by Crippen LogP contribution is 2.36. The Morgan fingerprint density at radius 3 is 2.33 bits per heavy atom. The molecule has 0 radical (unpaired) electrons. The number of hydrogen-bond donors (Lipinski definition) is 1. The van der Waals surface area contributed by atoms with E-state index < -0.39 is 5.25 Å². The first-order valence-electron chi connectivity index (χ1n) is 12.3. The molecule has 0 bridgehead atoms. The van der Waals surface area contributed by atoms with Crippen molar-refractivity contribution in [1.29, 1.82) is 5.26 Å². The first-order chi connectivity index (χ1) is 19.4. The number of rotatable bonds is 8. The predicted molar refractivity (Wildman–Crippen MR) is 166 cm³/mol. The Bertz CT molecular complexity index is 1680. The van der Waals surface area contributed by atoms with Gasteiger partial charge in [0.25, 0.3) is 0 Å². The summed E-state index contributed by atoms with van der Waals surface area (Å²) in [7, 11) is 1.62. The monoisotopic (exact) mass is 626 g/mol. The number of thiazole rings is 1. The molecule has 9 heteroatoms. The molecule has 2 aromatic heterocycles. The van der Waals surface area contributed by atoms with Crippen molar-refractivity contribution in [3.05, 3.63) is 100 Å². The second-order valence-corrected chi connectivity index (χ2v) is 11.8. The number of benzene rings is 3. The summed E-state index contributed by atoms with van der Waals surface area (Å²) in [6.45, 7) is 1.80. The zero-order valence-electron chi connectivity index (χ0n) is 21.6. The average Bonchev–Trinajstić information content (AvgIpc) is 3.46. The highest BCUT2D eigenvalue weighted by molar-refractivity contribution is 9.10. The number of methoxy groups -OCH3 is 1. The molecule has 40 heavy (non-hydrogen) atoms. The fourth-order valence-corrected chi connectivity index (χ4v) is 5.89. The van der Waals surface area contributed by atoms with Crippen LogP contribution in [0.5, 0.6) is 5.75 Å². The van der Waals surface area contributed by atoms with Crippen molar-refractivity contribution in [2.24, 2.45) is 0 Å². The third kappa shape index (κ3) is 6.26. The molecular formula is C31H23BrN4O2S2. The molecule has 2 heterocycles. The van der Waals surface area contributed by atoms with Crippen LogP contribution in [0.15, 0.2) is 99.8 Å². The summed E-state index contributed by atoms with van der Waals surface area (Å²) in [6, 6.07) is 29.4. The Hall–Kier alpha value is -3.97. The van der Waals surface area contributed by atoms with Crippen LogP contribution < -0.4 is 10.1 Å². The van der Waals surface area contributed by atoms with Crippen molar-refractivity contribution < 1.29 is 9.53 Å². The van der Waals surface area contributed by atoms with Crippen LogP contribution in [-0.4, -0.2) is 28.2 Å². The molecule has 0 saturated heterocycles. The number of halogens is 1. The lowest BCUT2D eigenvalue weighted by atomic mass is 9.99. The number of nitriles is 1. The number of carbonyl (C=O) groups excluding carboxylic acids is 1. The maximum Gasteiger partial charge on any atom is 0.239 e. The van der Waals surface area contributed by atoms with Gasteiger partial charge in [0.2, 0.25) is 5.91 Å². The number of nitrogens with one attached hydrogen (secondary N) is 1. The molecule has 0 aliphatic heterocycles. The van der Waals surface area contributed by atoms with E-state index in [0.717, 1.165) is 43.9 Å². The van der Waals surface area contributed by atoms with Gasteiger partial charge >= 0.3 is 0 Å². The molecule has 1 amide bonds. The van der Waals surface area contributed by atoms with Gasteiger partial charge in [0, 0.05) is 26.5 Å². The second-order valence-electron chi connectivity index (χ2n) is 8.74. The van der Waals surface area contributed by atoms with Crippen molar-refractivity contribution in [2.45, 2.75) is 17.2 Å². The van der Waals surface area contributed by atoms with Crippen molar-refractivity contribution >= 4 is 50.1 Å². The van der Waals surface area contributed by atoms with Crippen molar-refractivity contribution in [3.63, 3.8) is 0 Å². The normalized spacial score (nSPS) is 11.4. The molecule has 198 valence electrons. The third-order valence-electron chi connectivity index (χ3n) is 6.10. The minimum atomic E-state index is -0.533. The quantitative estimate of drug-likeness (QED) is 0.174. The number of thioether (sulfide) groups is 1. The van der Waals surface area contributed by atoms with E-state index in [4.69, 9.17) is 9.72 Å². The number of carbonyl (C=O) groups is 1. The van der Waals surface area contributed by atoms with E-state index in [1.165, 1.54) is 23.1 Å². The zero-order chi connectivity index (χ0) is 28.1. The minimum absolute atomic E-state index is 0.219. The van der Waals surface area contributed by atoms with Crippen molar-refractivity contribution in [2.75, 3.05) is 12.4 Å². The smallest absolute Gasteiger partial charge is 0.239 e. The van der Waals surface area contributed by atoms with Crippen LogP contribution in [-0.2, 0) is 4.79 Å². The molecule has 6 nitrogen and oxygen atoms in total. The van der Waals surface area contributed by atoms with Crippen molar-refractivity contribution in [3.8, 4) is 45.5 Å². The van der Waals surface area contributed by atoms with Gasteiger partial charge in [-0.3, -0.25) is 4.79 Å². The molecule has 0 saturated carbocycles. The number of aromatic nitrogens is 2. The van der Waals surface area contributed by atoms with Crippen LogP contribution in [0.4, 0.5) is 5.13 Å². The molecule has 3 aromatic carbocycles. The lowest BCUT2D eigenvalue weighted by molar-refractivity contribution is -0.115. The van der Waals surface area contributed by atoms with Crippen LogP contribution in [0, 0.1) is 11.3 Å². The molecule has 0 fully saturated rings. The Morgan fingerprint density at radius 2 is 1.65 bits per heavy atom. The summed E-state index contributed by atoms with van der Waals surface area (Å²) in [6.07, 6.45) is 0. The molecule has 0 aliphatic carbocycles. The van der Waals surface area contributed by atoms with Crippen LogP contribution >= 0.6 is 39.0 Å². The molecule has 0 aliphatic rings. The fraction of sp³-hybridized carbons (Fsp3) is 0.0968. The van der Waals surface area contributed by atoms with Crippen molar-refractivity contribution in [1.82, 2.24) is 9.97 Å². The van der Waals surface area contributed by atoms with Gasteiger partial charge in [-0.25, -0.2) is 9.97 Å². The standard InChI is InChI=1S/C31H23BrN4O2S2/c1-19(29(37)36-31-35-28(18-39-31)22-8-12-23(32)13-9-22)40-30-26(17-33)25(20-10-14-24(38-2)15-11-20)16-27(34-30)21-6-4-3-5-7-21/h3-16,18-19H,1-2H3,(H,35,36,37). The molecule has 5 aromatic rings. The molecule has 1 atom stereocenters. The molecule has 1 unspecified atom stereocenters. The largest absolute Gasteiger partial charge is 0.497 e. The molecular weight excluding hydrogens is 604 g/mol. The third-order valence-corrected chi connectivity index (χ3v) is 8.47. The Labute approximate surface area is 249 Å². The van der Waals surface area contributed by atoms with Gasteiger partial charge in [-0.1, -0.05) is 82.3 Å². The molecule has 5 rings (SSSR count). The maximum atomic E-state index is 13.2. The van der Waals surface area contributed by atoms with Crippen LogP contribution in [0.1, 0.15) is 12.5 Å². The van der Waals surface area contributed by atoms with Crippen LogP contribution in [0.2, 0.25) is 0 Å². The van der Waals surface area contributed by atoms with Gasteiger partial charge in [-0.05, 0) is 42.8 Å². The van der Waals surface area contributed by atoms with Gasteiger partial charge in [0.15, 0.2) is 5.13 Å². The summed E-state index contributed by atoms with van der Waals surface area (Å²) in [5.41, 5.74) is 5.42. The Morgan fingerprint density at radius 1 is 0.975 bits per heavy atom. The Balaban J connectivity index is 1.43. The minimum Gasteiger partial charge on any atom is -0.497 e. The van der Waals surface area contributed by atoms with Gasteiger partial charge in [0.05, 0.1) is 29.3 Å². The topological polar surface area (TPSA) is 87.9 Å². The van der Waals surface area contributed by atoms with E-state index in [2.05, 4.69) is 32.3 Å². The number of ether oxygens (including phenoxy) is 1. The second kappa shape index (κ2) is 12.5. The van der Waals surface area contributed by atoms with E-state index in [9.17, 15) is 10.1 Å². The average molecular weight is 628 g/mol. The van der Waals surface area contributed by atoms with Crippen LogP contribution in [0.25, 0.3) is 33.6 Å². The van der Waals surface area contributed by atoms with E-state index >= 15 is 0 Å². The zero-order valence-corrected chi connectivity index (χ0v) is 24.8. The summed E-state index contributed by atoms with van der Waals surface area (Å²) in [5.74, 6) is 0.508. The number of pyridine rings is 1. The maximum absolute atomic E-state index is 13.2. The number of nitrogens with zero attached hydrogens (tertiary/aromatic N) is 3. The van der Waals surface area contributed by atoms with Crippen LogP contribution in [0.3, 0.4) is 0 Å². The summed E-state index contributed by atoms with van der Waals surface area (Å²) < 4.78 is 6.29. The van der Waals surface area contributed by atoms with E-state index in [0.29, 0.717) is 15.7 Å². The summed E-state index contributed by atoms with van der Waals surface area (Å²) >= 11 is 6.06. The first-order valence-corrected chi connectivity index (χ1v) is 14.8. The van der Waals surface area contributed by atoms with Gasteiger partial charge < -0.3 is 10.1 Å². The predicted octanol–water partition coefficient (Wildman–Crippen LogP) is 8.30. The highest BCUT2D eigenvalue weighted by Gasteiger charge is 2.22. The summed E-state index contributed by atoms with van der Waals surface area (Å²) in [5, 5.41) is 15.5. The van der Waals surface area contributed by atoms with Gasteiger partial charge in [-0.15, -0.1) is 11.3 Å².